The summed E-state index contributed by atoms with van der Waals surface area (Å²) < 4.78 is 5.83. The summed E-state index contributed by atoms with van der Waals surface area (Å²) in [5, 5.41) is 0. The second-order valence-corrected chi connectivity index (χ2v) is 5.92. The summed E-state index contributed by atoms with van der Waals surface area (Å²) in [5.41, 5.74) is 8.59. The number of anilines is 1. The number of aliphatic imine (C=N–C) groups is 1. The van der Waals surface area contributed by atoms with E-state index in [2.05, 4.69) is 48.0 Å². The van der Waals surface area contributed by atoms with Crippen LogP contribution >= 0.6 is 0 Å². The lowest BCUT2D eigenvalue weighted by atomic mass is 9.84. The maximum Gasteiger partial charge on any atom is 0.196 e. The van der Waals surface area contributed by atoms with E-state index >= 15 is 0 Å². The Labute approximate surface area is 120 Å². The molecular formula is C16H23N3O. The predicted molar refractivity (Wildman–Crippen MR) is 82.1 cm³/mol. The molecule has 0 aromatic heterocycles. The number of rotatable bonds is 2. The number of benzene rings is 1. The van der Waals surface area contributed by atoms with Gasteiger partial charge in [0, 0.05) is 12.3 Å². The third kappa shape index (κ3) is 2.18. The molecule has 0 amide bonds. The average Bonchev–Trinajstić information content (AvgIpc) is 2.77. The summed E-state index contributed by atoms with van der Waals surface area (Å²) in [6.07, 6.45) is 3.35. The Morgan fingerprint density at radius 1 is 1.40 bits per heavy atom. The summed E-state index contributed by atoms with van der Waals surface area (Å²) >= 11 is 0. The number of nitrogens with zero attached hydrogens (tertiary/aromatic N) is 2. The van der Waals surface area contributed by atoms with Crippen molar-refractivity contribution in [1.82, 2.24) is 0 Å². The van der Waals surface area contributed by atoms with Crippen LogP contribution in [0.1, 0.15) is 31.7 Å². The Bertz CT molecular complexity index is 511. The van der Waals surface area contributed by atoms with Gasteiger partial charge in [-0.3, -0.25) is 4.99 Å². The summed E-state index contributed by atoms with van der Waals surface area (Å²) in [4.78, 5) is 6.76. The third-order valence-corrected chi connectivity index (χ3v) is 4.51. The molecule has 2 heterocycles. The van der Waals surface area contributed by atoms with Gasteiger partial charge in [0.2, 0.25) is 0 Å². The van der Waals surface area contributed by atoms with E-state index in [0.717, 1.165) is 38.1 Å². The molecule has 4 heteroatoms. The van der Waals surface area contributed by atoms with Crippen molar-refractivity contribution < 1.29 is 4.74 Å². The molecule has 2 atom stereocenters. The van der Waals surface area contributed by atoms with Crippen molar-refractivity contribution in [3.8, 4) is 0 Å². The van der Waals surface area contributed by atoms with E-state index in [1.165, 1.54) is 5.56 Å². The zero-order chi connectivity index (χ0) is 14.2. The molecule has 1 aromatic rings. The minimum atomic E-state index is 0.0122. The van der Waals surface area contributed by atoms with Crippen LogP contribution in [0, 0.1) is 6.92 Å². The first kappa shape index (κ1) is 13.4. The number of nitrogens with two attached hydrogens (primary N) is 1. The van der Waals surface area contributed by atoms with Crippen molar-refractivity contribution in [2.75, 3.05) is 18.1 Å². The Kier molecular flexibility index (Phi) is 3.42. The van der Waals surface area contributed by atoms with Gasteiger partial charge < -0.3 is 15.4 Å². The highest BCUT2D eigenvalue weighted by Gasteiger charge is 2.46. The standard InChI is InChI=1S/C16H23N3O/c1-3-14-10-16(8-9-20-14)11-18-15(17)19(16)13-6-4-12(2)5-7-13/h4-7,14H,3,8-11H2,1-2H3,(H2,17,18). The van der Waals surface area contributed by atoms with E-state index in [1.54, 1.807) is 0 Å². The van der Waals surface area contributed by atoms with Gasteiger partial charge in [0.1, 0.15) is 0 Å². The molecule has 0 saturated carbocycles. The fourth-order valence-electron chi connectivity index (χ4n) is 3.32. The summed E-state index contributed by atoms with van der Waals surface area (Å²) in [7, 11) is 0. The highest BCUT2D eigenvalue weighted by atomic mass is 16.5. The highest BCUT2D eigenvalue weighted by molar-refractivity contribution is 5.98. The normalized spacial score (nSPS) is 29.8. The van der Waals surface area contributed by atoms with Crippen LogP contribution in [0.2, 0.25) is 0 Å². The SMILES string of the molecule is CCC1CC2(CCO1)CN=C(N)N2c1ccc(C)cc1. The molecule has 0 bridgehead atoms. The molecule has 0 radical (unpaired) electrons. The van der Waals surface area contributed by atoms with Crippen LogP contribution in [0.25, 0.3) is 0 Å². The summed E-state index contributed by atoms with van der Waals surface area (Å²) in [6, 6.07) is 8.54. The predicted octanol–water partition coefficient (Wildman–Crippen LogP) is 2.46. The molecule has 2 aliphatic rings. The second kappa shape index (κ2) is 5.09. The monoisotopic (exact) mass is 273 g/mol. The van der Waals surface area contributed by atoms with Crippen molar-refractivity contribution in [3.63, 3.8) is 0 Å². The first-order valence-electron chi connectivity index (χ1n) is 7.43. The van der Waals surface area contributed by atoms with Crippen molar-refractivity contribution in [1.29, 1.82) is 0 Å². The molecule has 1 saturated heterocycles. The van der Waals surface area contributed by atoms with E-state index in [9.17, 15) is 0 Å². The largest absolute Gasteiger partial charge is 0.378 e. The molecule has 2 unspecified atom stereocenters. The summed E-state index contributed by atoms with van der Waals surface area (Å²) in [5.74, 6) is 0.644. The first-order chi connectivity index (χ1) is 9.64. The maximum atomic E-state index is 6.18. The zero-order valence-corrected chi connectivity index (χ0v) is 12.3. The van der Waals surface area contributed by atoms with E-state index in [4.69, 9.17) is 10.5 Å². The van der Waals surface area contributed by atoms with Gasteiger partial charge in [0.25, 0.3) is 0 Å². The average molecular weight is 273 g/mol. The quantitative estimate of drug-likeness (QED) is 0.900. The minimum Gasteiger partial charge on any atom is -0.378 e. The molecule has 3 rings (SSSR count). The van der Waals surface area contributed by atoms with Crippen LogP contribution in [-0.4, -0.2) is 30.8 Å². The molecule has 108 valence electrons. The van der Waals surface area contributed by atoms with Crippen molar-refractivity contribution in [2.45, 2.75) is 44.8 Å². The molecule has 1 fully saturated rings. The van der Waals surface area contributed by atoms with Crippen LogP contribution in [0.15, 0.2) is 29.3 Å². The molecule has 1 spiro atoms. The number of aryl methyl sites for hydroxylation is 1. The lowest BCUT2D eigenvalue weighted by molar-refractivity contribution is -0.0151. The Hall–Kier alpha value is -1.55. The maximum absolute atomic E-state index is 6.18. The van der Waals surface area contributed by atoms with Gasteiger partial charge in [-0.1, -0.05) is 24.6 Å². The van der Waals surface area contributed by atoms with Crippen LogP contribution in [-0.2, 0) is 4.74 Å². The molecule has 2 N–H and O–H groups in total. The van der Waals surface area contributed by atoms with Crippen molar-refractivity contribution >= 4 is 11.6 Å². The van der Waals surface area contributed by atoms with Gasteiger partial charge in [-0.05, 0) is 38.3 Å². The molecule has 4 nitrogen and oxygen atoms in total. The zero-order valence-electron chi connectivity index (χ0n) is 12.3. The molecule has 20 heavy (non-hydrogen) atoms. The Morgan fingerprint density at radius 2 is 2.15 bits per heavy atom. The van der Waals surface area contributed by atoms with Gasteiger partial charge in [0.15, 0.2) is 5.96 Å². The number of ether oxygens (including phenoxy) is 1. The van der Waals surface area contributed by atoms with E-state index < -0.39 is 0 Å². The highest BCUT2D eigenvalue weighted by Crippen LogP contribution is 2.38. The molecule has 1 aromatic carbocycles. The Morgan fingerprint density at radius 3 is 2.85 bits per heavy atom. The third-order valence-electron chi connectivity index (χ3n) is 4.51. The number of hydrogen-bond donors (Lipinski definition) is 1. The number of hydrogen-bond acceptors (Lipinski definition) is 4. The van der Waals surface area contributed by atoms with Crippen molar-refractivity contribution in [2.24, 2.45) is 10.7 Å². The van der Waals surface area contributed by atoms with Crippen molar-refractivity contribution in [3.05, 3.63) is 29.8 Å². The molecular weight excluding hydrogens is 250 g/mol. The van der Waals surface area contributed by atoms with E-state index in [-0.39, 0.29) is 5.54 Å². The van der Waals surface area contributed by atoms with Crippen LogP contribution < -0.4 is 10.6 Å². The van der Waals surface area contributed by atoms with Gasteiger partial charge >= 0.3 is 0 Å². The lowest BCUT2D eigenvalue weighted by Gasteiger charge is -2.44. The van der Waals surface area contributed by atoms with Crippen LogP contribution in [0.3, 0.4) is 0 Å². The van der Waals surface area contributed by atoms with E-state index in [1.807, 2.05) is 0 Å². The lowest BCUT2D eigenvalue weighted by Crippen LogP contribution is -2.56. The molecule has 0 aliphatic carbocycles. The number of guanidine groups is 1. The van der Waals surface area contributed by atoms with Gasteiger partial charge in [0.05, 0.1) is 18.2 Å². The summed E-state index contributed by atoms with van der Waals surface area (Å²) in [6.45, 7) is 5.86. The van der Waals surface area contributed by atoms with Gasteiger partial charge in [-0.2, -0.15) is 0 Å². The van der Waals surface area contributed by atoms with Crippen LogP contribution in [0.4, 0.5) is 5.69 Å². The van der Waals surface area contributed by atoms with E-state index in [0.29, 0.717) is 12.1 Å². The first-order valence-corrected chi connectivity index (χ1v) is 7.43. The fourth-order valence-corrected chi connectivity index (χ4v) is 3.32. The smallest absolute Gasteiger partial charge is 0.196 e. The second-order valence-electron chi connectivity index (χ2n) is 5.92. The van der Waals surface area contributed by atoms with Crippen LogP contribution in [0.5, 0.6) is 0 Å². The minimum absolute atomic E-state index is 0.0122. The fraction of sp³-hybridized carbons (Fsp3) is 0.562. The molecule has 2 aliphatic heterocycles. The van der Waals surface area contributed by atoms with Gasteiger partial charge in [-0.25, -0.2) is 0 Å². The Balaban J connectivity index is 1.93. The topological polar surface area (TPSA) is 50.9 Å². The van der Waals surface area contributed by atoms with Gasteiger partial charge in [-0.15, -0.1) is 0 Å².